The minimum absolute atomic E-state index is 0.348. The van der Waals surface area contributed by atoms with Gasteiger partial charge in [0.15, 0.2) is 0 Å². The predicted octanol–water partition coefficient (Wildman–Crippen LogP) is 1.60. The number of hydrogen-bond acceptors (Lipinski definition) is 3. The molecule has 0 saturated heterocycles. The average Bonchev–Trinajstić information content (AvgIpc) is 2.27. The van der Waals surface area contributed by atoms with Crippen LogP contribution in [0.1, 0.15) is 46.0 Å². The first kappa shape index (κ1) is 13.9. The molecule has 1 rings (SSSR count). The van der Waals surface area contributed by atoms with Crippen LogP contribution >= 0.6 is 0 Å². The van der Waals surface area contributed by atoms with E-state index in [1.54, 1.807) is 0 Å². The zero-order chi connectivity index (χ0) is 12.2. The molecule has 0 amide bonds. The molecule has 1 fully saturated rings. The summed E-state index contributed by atoms with van der Waals surface area (Å²) in [6.07, 6.45) is 6.16. The Kier molecular flexibility index (Phi) is 5.22. The lowest BCUT2D eigenvalue weighted by Crippen LogP contribution is -2.43. The molecule has 3 nitrogen and oxygen atoms in total. The van der Waals surface area contributed by atoms with Gasteiger partial charge in [-0.3, -0.25) is 0 Å². The number of nitrogens with zero attached hydrogens (tertiary/aromatic N) is 1. The molecule has 0 aromatic heterocycles. The molecule has 0 aliphatic heterocycles. The van der Waals surface area contributed by atoms with E-state index in [-0.39, 0.29) is 0 Å². The molecule has 96 valence electrons. The molecule has 1 aliphatic rings. The lowest BCUT2D eigenvalue weighted by Gasteiger charge is -2.37. The Balaban J connectivity index is 2.36. The molecule has 0 bridgehead atoms. The molecule has 1 aliphatic carbocycles. The fraction of sp³-hybridized carbons (Fsp3) is 1.00. The Hall–Kier alpha value is -0.120. The van der Waals surface area contributed by atoms with Crippen LogP contribution in [-0.4, -0.2) is 41.8 Å². The predicted molar refractivity (Wildman–Crippen MR) is 68.3 cm³/mol. The summed E-state index contributed by atoms with van der Waals surface area (Å²) in [5.74, 6) is 0.793. The molecule has 3 N–H and O–H groups in total. The second-order valence-electron chi connectivity index (χ2n) is 5.76. The van der Waals surface area contributed by atoms with Crippen molar-refractivity contribution in [2.24, 2.45) is 11.7 Å². The smallest absolute Gasteiger partial charge is 0.0753 e. The maximum absolute atomic E-state index is 9.88. The second kappa shape index (κ2) is 5.99. The van der Waals surface area contributed by atoms with Crippen molar-refractivity contribution in [3.8, 4) is 0 Å². The first-order chi connectivity index (χ1) is 7.46. The van der Waals surface area contributed by atoms with Crippen molar-refractivity contribution in [1.82, 2.24) is 4.90 Å². The van der Waals surface area contributed by atoms with Gasteiger partial charge in [-0.15, -0.1) is 0 Å². The van der Waals surface area contributed by atoms with Gasteiger partial charge in [-0.2, -0.15) is 0 Å². The fourth-order valence-electron chi connectivity index (χ4n) is 2.64. The fourth-order valence-corrected chi connectivity index (χ4v) is 2.64. The van der Waals surface area contributed by atoms with Crippen LogP contribution in [0.5, 0.6) is 0 Å². The quantitative estimate of drug-likeness (QED) is 0.751. The molecule has 0 spiro atoms. The Morgan fingerprint density at radius 1 is 1.38 bits per heavy atom. The molecule has 3 heteroatoms. The highest BCUT2D eigenvalue weighted by atomic mass is 16.3. The zero-order valence-electron chi connectivity index (χ0n) is 11.1. The molecule has 0 radical (unpaired) electrons. The number of nitrogens with two attached hydrogens (primary N) is 1. The Morgan fingerprint density at radius 3 is 2.56 bits per heavy atom. The highest BCUT2D eigenvalue weighted by Crippen LogP contribution is 2.27. The normalized spacial score (nSPS) is 30.4. The molecule has 1 saturated carbocycles. The third-order valence-corrected chi connectivity index (χ3v) is 4.08. The minimum Gasteiger partial charge on any atom is -0.389 e. The summed E-state index contributed by atoms with van der Waals surface area (Å²) in [4.78, 5) is 2.41. The van der Waals surface area contributed by atoms with Gasteiger partial charge in [0.05, 0.1) is 5.60 Å². The van der Waals surface area contributed by atoms with Crippen LogP contribution in [0.2, 0.25) is 0 Å². The topological polar surface area (TPSA) is 49.5 Å². The third kappa shape index (κ3) is 4.04. The highest BCUT2D eigenvalue weighted by molar-refractivity contribution is 4.81. The van der Waals surface area contributed by atoms with Gasteiger partial charge in [0.25, 0.3) is 0 Å². The van der Waals surface area contributed by atoms with E-state index in [1.165, 1.54) is 25.7 Å². The molecule has 0 heterocycles. The van der Waals surface area contributed by atoms with E-state index in [0.29, 0.717) is 12.6 Å². The summed E-state index contributed by atoms with van der Waals surface area (Å²) < 4.78 is 0. The van der Waals surface area contributed by atoms with E-state index in [2.05, 4.69) is 18.9 Å². The van der Waals surface area contributed by atoms with Gasteiger partial charge < -0.3 is 15.7 Å². The SMILES string of the molecule is CC1CCCCC1N(C)CCC(C)(O)CN. The van der Waals surface area contributed by atoms with Gasteiger partial charge in [-0.1, -0.05) is 19.8 Å². The first-order valence-corrected chi connectivity index (χ1v) is 6.59. The van der Waals surface area contributed by atoms with Crippen molar-refractivity contribution < 1.29 is 5.11 Å². The van der Waals surface area contributed by atoms with Crippen LogP contribution in [0.4, 0.5) is 0 Å². The standard InChI is InChI=1S/C13H28N2O/c1-11-6-4-5-7-12(11)15(3)9-8-13(2,16)10-14/h11-12,16H,4-10,14H2,1-3H3. The summed E-state index contributed by atoms with van der Waals surface area (Å²) in [6.45, 7) is 5.47. The van der Waals surface area contributed by atoms with E-state index >= 15 is 0 Å². The summed E-state index contributed by atoms with van der Waals surface area (Å²) in [7, 11) is 2.18. The van der Waals surface area contributed by atoms with Crippen LogP contribution in [0.15, 0.2) is 0 Å². The maximum Gasteiger partial charge on any atom is 0.0753 e. The van der Waals surface area contributed by atoms with Crippen molar-refractivity contribution >= 4 is 0 Å². The van der Waals surface area contributed by atoms with E-state index in [4.69, 9.17) is 5.73 Å². The summed E-state index contributed by atoms with van der Waals surface area (Å²) in [5, 5.41) is 9.88. The van der Waals surface area contributed by atoms with Crippen LogP contribution in [0.3, 0.4) is 0 Å². The third-order valence-electron chi connectivity index (χ3n) is 4.08. The van der Waals surface area contributed by atoms with Gasteiger partial charge in [0.2, 0.25) is 0 Å². The van der Waals surface area contributed by atoms with E-state index < -0.39 is 5.60 Å². The number of aliphatic hydroxyl groups is 1. The van der Waals surface area contributed by atoms with Crippen molar-refractivity contribution in [2.45, 2.75) is 57.6 Å². The van der Waals surface area contributed by atoms with Crippen molar-refractivity contribution in [2.75, 3.05) is 20.1 Å². The molecule has 3 unspecified atom stereocenters. The zero-order valence-corrected chi connectivity index (χ0v) is 11.1. The number of hydrogen-bond donors (Lipinski definition) is 2. The lowest BCUT2D eigenvalue weighted by molar-refractivity contribution is 0.0380. The van der Waals surface area contributed by atoms with Crippen LogP contribution in [0.25, 0.3) is 0 Å². The van der Waals surface area contributed by atoms with Gasteiger partial charge >= 0.3 is 0 Å². The maximum atomic E-state index is 9.88. The van der Waals surface area contributed by atoms with Gasteiger partial charge in [-0.25, -0.2) is 0 Å². The van der Waals surface area contributed by atoms with Gasteiger partial charge in [-0.05, 0) is 39.2 Å². The van der Waals surface area contributed by atoms with E-state index in [0.717, 1.165) is 18.9 Å². The van der Waals surface area contributed by atoms with Crippen molar-refractivity contribution in [1.29, 1.82) is 0 Å². The average molecular weight is 228 g/mol. The molecule has 0 aromatic rings. The molecule has 0 aromatic carbocycles. The largest absolute Gasteiger partial charge is 0.389 e. The summed E-state index contributed by atoms with van der Waals surface area (Å²) in [6, 6.07) is 0.697. The van der Waals surface area contributed by atoms with E-state index in [1.807, 2.05) is 6.92 Å². The van der Waals surface area contributed by atoms with Crippen LogP contribution in [-0.2, 0) is 0 Å². The Labute approximate surface area is 100 Å². The molecular weight excluding hydrogens is 200 g/mol. The summed E-state index contributed by atoms with van der Waals surface area (Å²) >= 11 is 0. The lowest BCUT2D eigenvalue weighted by atomic mass is 9.85. The van der Waals surface area contributed by atoms with Crippen LogP contribution < -0.4 is 5.73 Å². The minimum atomic E-state index is -0.702. The second-order valence-corrected chi connectivity index (χ2v) is 5.76. The monoisotopic (exact) mass is 228 g/mol. The Morgan fingerprint density at radius 2 is 2.00 bits per heavy atom. The highest BCUT2D eigenvalue weighted by Gasteiger charge is 2.26. The van der Waals surface area contributed by atoms with Crippen molar-refractivity contribution in [3.63, 3.8) is 0 Å². The first-order valence-electron chi connectivity index (χ1n) is 6.59. The van der Waals surface area contributed by atoms with E-state index in [9.17, 15) is 5.11 Å². The molecule has 3 atom stereocenters. The van der Waals surface area contributed by atoms with Crippen LogP contribution in [0, 0.1) is 5.92 Å². The van der Waals surface area contributed by atoms with Gasteiger partial charge in [0, 0.05) is 19.1 Å². The van der Waals surface area contributed by atoms with Gasteiger partial charge in [0.1, 0.15) is 0 Å². The summed E-state index contributed by atoms with van der Waals surface area (Å²) in [5.41, 5.74) is 4.83. The molecular formula is C13H28N2O. The van der Waals surface area contributed by atoms with Crippen molar-refractivity contribution in [3.05, 3.63) is 0 Å². The Bertz CT molecular complexity index is 206. The molecule has 16 heavy (non-hydrogen) atoms. The number of rotatable bonds is 5.